The first kappa shape index (κ1) is 11.3. The zero-order valence-electron chi connectivity index (χ0n) is 9.96. The minimum Gasteiger partial charge on any atom is -0.350 e. The summed E-state index contributed by atoms with van der Waals surface area (Å²) >= 11 is 0. The van der Waals surface area contributed by atoms with Crippen LogP contribution in [0.4, 0.5) is 0 Å². The van der Waals surface area contributed by atoms with Crippen molar-refractivity contribution in [3.63, 3.8) is 0 Å². The van der Waals surface area contributed by atoms with Gasteiger partial charge in [0.2, 0.25) is 0 Å². The van der Waals surface area contributed by atoms with Crippen molar-refractivity contribution in [3.05, 3.63) is 0 Å². The Morgan fingerprint density at radius 2 is 2.14 bits per heavy atom. The minimum atomic E-state index is 0.0704. The van der Waals surface area contributed by atoms with Gasteiger partial charge >= 0.3 is 0 Å². The van der Waals surface area contributed by atoms with Gasteiger partial charge in [-0.05, 0) is 27.9 Å². The number of hydrogen-bond donors (Lipinski definition) is 1. The van der Waals surface area contributed by atoms with Crippen molar-refractivity contribution >= 4 is 5.96 Å². The molecule has 0 fully saturated rings. The lowest BCUT2D eigenvalue weighted by Crippen LogP contribution is -2.53. The third kappa shape index (κ3) is 3.18. The van der Waals surface area contributed by atoms with Crippen LogP contribution in [0.2, 0.25) is 0 Å². The van der Waals surface area contributed by atoms with Crippen LogP contribution in [0.25, 0.3) is 0 Å². The molecule has 0 amide bonds. The summed E-state index contributed by atoms with van der Waals surface area (Å²) in [7, 11) is 6.25. The second kappa shape index (κ2) is 4.17. The van der Waals surface area contributed by atoms with Crippen LogP contribution in [0.5, 0.6) is 0 Å². The topological polar surface area (TPSA) is 30.9 Å². The summed E-state index contributed by atoms with van der Waals surface area (Å²) in [5, 5.41) is 3.47. The molecular formula is C10H22N4. The van der Waals surface area contributed by atoms with Gasteiger partial charge in [0.15, 0.2) is 5.96 Å². The Morgan fingerprint density at radius 1 is 1.50 bits per heavy atom. The smallest absolute Gasteiger partial charge is 0.194 e. The van der Waals surface area contributed by atoms with Gasteiger partial charge in [0.05, 0.1) is 6.54 Å². The number of hydrogen-bond acceptors (Lipinski definition) is 4. The Labute approximate surface area is 87.0 Å². The van der Waals surface area contributed by atoms with Crippen LogP contribution in [-0.2, 0) is 0 Å². The summed E-state index contributed by atoms with van der Waals surface area (Å²) in [6.45, 7) is 7.33. The number of rotatable bonds is 3. The number of guanidine groups is 1. The molecule has 82 valence electrons. The molecule has 0 aliphatic carbocycles. The molecule has 4 nitrogen and oxygen atoms in total. The van der Waals surface area contributed by atoms with E-state index in [1.165, 1.54) is 0 Å². The SMILES string of the molecule is CN(C)CC(C)(C)NC1=NCCN1C. The van der Waals surface area contributed by atoms with E-state index in [0.29, 0.717) is 0 Å². The summed E-state index contributed by atoms with van der Waals surface area (Å²) in [5.41, 5.74) is 0.0704. The number of aliphatic imine (C=N–C) groups is 1. The first-order valence-corrected chi connectivity index (χ1v) is 5.09. The molecule has 0 aromatic carbocycles. The predicted molar refractivity (Wildman–Crippen MR) is 60.7 cm³/mol. The summed E-state index contributed by atoms with van der Waals surface area (Å²) in [6, 6.07) is 0. The van der Waals surface area contributed by atoms with Gasteiger partial charge in [-0.3, -0.25) is 4.99 Å². The molecule has 1 heterocycles. The average Bonchev–Trinajstić information content (AvgIpc) is 2.32. The van der Waals surface area contributed by atoms with Crippen LogP contribution in [-0.4, -0.2) is 62.1 Å². The molecule has 0 spiro atoms. The lowest BCUT2D eigenvalue weighted by molar-refractivity contribution is 0.290. The number of nitrogens with zero attached hydrogens (tertiary/aromatic N) is 3. The Balaban J connectivity index is 2.49. The molecule has 1 rings (SSSR count). The first-order valence-electron chi connectivity index (χ1n) is 5.09. The fourth-order valence-electron chi connectivity index (χ4n) is 1.80. The minimum absolute atomic E-state index is 0.0704. The van der Waals surface area contributed by atoms with Gasteiger partial charge in [-0.1, -0.05) is 0 Å². The van der Waals surface area contributed by atoms with Gasteiger partial charge in [-0.2, -0.15) is 0 Å². The molecule has 0 bridgehead atoms. The third-order valence-corrected chi connectivity index (χ3v) is 2.22. The van der Waals surface area contributed by atoms with E-state index in [9.17, 15) is 0 Å². The lowest BCUT2D eigenvalue weighted by Gasteiger charge is -2.32. The van der Waals surface area contributed by atoms with E-state index in [2.05, 4.69) is 55.1 Å². The highest BCUT2D eigenvalue weighted by Crippen LogP contribution is 2.06. The zero-order chi connectivity index (χ0) is 10.8. The molecule has 1 N–H and O–H groups in total. The fraction of sp³-hybridized carbons (Fsp3) is 0.900. The van der Waals surface area contributed by atoms with Gasteiger partial charge in [0.1, 0.15) is 0 Å². The maximum atomic E-state index is 4.42. The van der Waals surface area contributed by atoms with E-state index < -0.39 is 0 Å². The highest BCUT2D eigenvalue weighted by Gasteiger charge is 2.23. The van der Waals surface area contributed by atoms with Crippen molar-refractivity contribution < 1.29 is 0 Å². The number of nitrogens with one attached hydrogen (secondary N) is 1. The Bertz CT molecular complexity index is 220. The predicted octanol–water partition coefficient (Wildman–Crippen LogP) is 0.218. The molecule has 0 radical (unpaired) electrons. The quantitative estimate of drug-likeness (QED) is 0.703. The zero-order valence-corrected chi connectivity index (χ0v) is 9.96. The molecule has 1 aliphatic rings. The molecule has 1 aliphatic heterocycles. The summed E-state index contributed by atoms with van der Waals surface area (Å²) < 4.78 is 0. The summed E-state index contributed by atoms with van der Waals surface area (Å²) in [6.07, 6.45) is 0. The van der Waals surface area contributed by atoms with Gasteiger partial charge in [-0.15, -0.1) is 0 Å². The normalized spacial score (nSPS) is 17.6. The van der Waals surface area contributed by atoms with Crippen molar-refractivity contribution in [2.45, 2.75) is 19.4 Å². The standard InChI is InChI=1S/C10H22N4/c1-10(2,8-13(3)4)12-9-11-6-7-14(9)5/h6-8H2,1-5H3,(H,11,12). The summed E-state index contributed by atoms with van der Waals surface area (Å²) in [5.74, 6) is 1.02. The van der Waals surface area contributed by atoms with Crippen molar-refractivity contribution in [3.8, 4) is 0 Å². The molecule has 0 unspecified atom stereocenters. The summed E-state index contributed by atoms with van der Waals surface area (Å²) in [4.78, 5) is 8.77. The van der Waals surface area contributed by atoms with Crippen molar-refractivity contribution in [2.75, 3.05) is 40.8 Å². The second-order valence-electron chi connectivity index (χ2n) is 4.87. The highest BCUT2D eigenvalue weighted by molar-refractivity contribution is 5.81. The monoisotopic (exact) mass is 198 g/mol. The van der Waals surface area contributed by atoms with E-state index in [0.717, 1.165) is 25.6 Å². The van der Waals surface area contributed by atoms with Gasteiger partial charge < -0.3 is 15.1 Å². The molecule has 0 saturated heterocycles. The first-order chi connectivity index (χ1) is 6.41. The van der Waals surface area contributed by atoms with Crippen LogP contribution in [0.15, 0.2) is 4.99 Å². The van der Waals surface area contributed by atoms with E-state index in [1.807, 2.05) is 0 Å². The molecular weight excluding hydrogens is 176 g/mol. The van der Waals surface area contributed by atoms with E-state index >= 15 is 0 Å². The second-order valence-corrected chi connectivity index (χ2v) is 4.87. The number of likely N-dealkylation sites (N-methyl/N-ethyl adjacent to an activating group) is 2. The molecule has 0 saturated carbocycles. The molecule has 0 aromatic rings. The fourth-order valence-corrected chi connectivity index (χ4v) is 1.80. The van der Waals surface area contributed by atoms with Crippen molar-refractivity contribution in [1.82, 2.24) is 15.1 Å². The average molecular weight is 198 g/mol. The van der Waals surface area contributed by atoms with E-state index in [-0.39, 0.29) is 5.54 Å². The maximum Gasteiger partial charge on any atom is 0.194 e. The Kier molecular flexibility index (Phi) is 3.37. The maximum absolute atomic E-state index is 4.42. The van der Waals surface area contributed by atoms with Crippen LogP contribution < -0.4 is 5.32 Å². The third-order valence-electron chi connectivity index (χ3n) is 2.22. The molecule has 4 heteroatoms. The van der Waals surface area contributed by atoms with Gasteiger partial charge in [0, 0.05) is 25.7 Å². The van der Waals surface area contributed by atoms with Crippen LogP contribution in [0, 0.1) is 0 Å². The van der Waals surface area contributed by atoms with E-state index in [4.69, 9.17) is 0 Å². The van der Waals surface area contributed by atoms with Crippen LogP contribution in [0.1, 0.15) is 13.8 Å². The van der Waals surface area contributed by atoms with Crippen molar-refractivity contribution in [1.29, 1.82) is 0 Å². The van der Waals surface area contributed by atoms with Crippen LogP contribution >= 0.6 is 0 Å². The Morgan fingerprint density at radius 3 is 2.57 bits per heavy atom. The van der Waals surface area contributed by atoms with Gasteiger partial charge in [0.25, 0.3) is 0 Å². The van der Waals surface area contributed by atoms with E-state index in [1.54, 1.807) is 0 Å². The molecule has 14 heavy (non-hydrogen) atoms. The van der Waals surface area contributed by atoms with Crippen molar-refractivity contribution in [2.24, 2.45) is 4.99 Å². The highest BCUT2D eigenvalue weighted by atomic mass is 15.3. The largest absolute Gasteiger partial charge is 0.350 e. The molecule has 0 atom stereocenters. The lowest BCUT2D eigenvalue weighted by atomic mass is 10.1. The molecule has 0 aromatic heterocycles. The Hall–Kier alpha value is -0.770. The van der Waals surface area contributed by atoms with Gasteiger partial charge in [-0.25, -0.2) is 0 Å². The van der Waals surface area contributed by atoms with Crippen LogP contribution in [0.3, 0.4) is 0 Å².